The van der Waals surface area contributed by atoms with E-state index in [4.69, 9.17) is 10.3 Å². The van der Waals surface area contributed by atoms with Crippen LogP contribution in [0.25, 0.3) is 11.5 Å². The maximum atomic E-state index is 5.64. The first-order valence-corrected chi connectivity index (χ1v) is 4.67. The fraction of sp³-hybridized carbons (Fsp3) is 0.444. The summed E-state index contributed by atoms with van der Waals surface area (Å²) in [5.41, 5.74) is 7.35. The van der Waals surface area contributed by atoms with E-state index in [1.807, 2.05) is 27.1 Å². The Morgan fingerprint density at radius 3 is 2.73 bits per heavy atom. The molecule has 0 aliphatic rings. The predicted molar refractivity (Wildman–Crippen MR) is 53.8 cm³/mol. The average molecular weight is 207 g/mol. The Bertz CT molecular complexity index is 471. The molecule has 6 heteroatoms. The van der Waals surface area contributed by atoms with Crippen molar-refractivity contribution in [2.45, 2.75) is 19.9 Å². The van der Waals surface area contributed by atoms with E-state index in [-0.39, 0.29) is 6.04 Å². The highest BCUT2D eigenvalue weighted by Gasteiger charge is 2.15. The summed E-state index contributed by atoms with van der Waals surface area (Å²) in [6.45, 7) is 3.70. The van der Waals surface area contributed by atoms with Crippen molar-refractivity contribution in [1.29, 1.82) is 0 Å². The lowest BCUT2D eigenvalue weighted by Crippen LogP contribution is -2.06. The molecule has 2 N–H and O–H groups in total. The van der Waals surface area contributed by atoms with Crippen molar-refractivity contribution < 1.29 is 4.52 Å². The van der Waals surface area contributed by atoms with Crippen LogP contribution >= 0.6 is 0 Å². The molecule has 2 rings (SSSR count). The lowest BCUT2D eigenvalue weighted by atomic mass is 10.2. The van der Waals surface area contributed by atoms with Crippen LogP contribution in [0.1, 0.15) is 24.5 Å². The van der Waals surface area contributed by atoms with Crippen molar-refractivity contribution in [2.75, 3.05) is 0 Å². The van der Waals surface area contributed by atoms with E-state index < -0.39 is 0 Å². The highest BCUT2D eigenvalue weighted by molar-refractivity contribution is 5.54. The standard InChI is InChI=1S/C9H13N5O/c1-5(10)8-11-9(15-13-8)7-4-14(3)12-6(7)2/h4-5H,10H2,1-3H3. The Hall–Kier alpha value is -1.69. The molecule has 0 aliphatic carbocycles. The van der Waals surface area contributed by atoms with Gasteiger partial charge in [0.15, 0.2) is 5.82 Å². The smallest absolute Gasteiger partial charge is 0.261 e. The summed E-state index contributed by atoms with van der Waals surface area (Å²) in [4.78, 5) is 4.20. The largest absolute Gasteiger partial charge is 0.334 e. The van der Waals surface area contributed by atoms with Crippen molar-refractivity contribution in [3.63, 3.8) is 0 Å². The van der Waals surface area contributed by atoms with Crippen molar-refractivity contribution in [3.05, 3.63) is 17.7 Å². The highest BCUT2D eigenvalue weighted by Crippen LogP contribution is 2.21. The lowest BCUT2D eigenvalue weighted by Gasteiger charge is -1.92. The minimum absolute atomic E-state index is 0.223. The molecule has 0 fully saturated rings. The van der Waals surface area contributed by atoms with E-state index in [1.54, 1.807) is 4.68 Å². The molecule has 6 nitrogen and oxygen atoms in total. The molecule has 0 saturated carbocycles. The molecule has 0 bridgehead atoms. The zero-order chi connectivity index (χ0) is 11.0. The van der Waals surface area contributed by atoms with Crippen LogP contribution in [0.5, 0.6) is 0 Å². The zero-order valence-electron chi connectivity index (χ0n) is 8.93. The van der Waals surface area contributed by atoms with Crippen molar-refractivity contribution in [1.82, 2.24) is 19.9 Å². The van der Waals surface area contributed by atoms with Crippen LogP contribution in [0, 0.1) is 6.92 Å². The van der Waals surface area contributed by atoms with Crippen molar-refractivity contribution in [3.8, 4) is 11.5 Å². The first kappa shape index (κ1) is 9.85. The fourth-order valence-corrected chi connectivity index (χ4v) is 1.34. The molecule has 1 atom stereocenters. The van der Waals surface area contributed by atoms with Gasteiger partial charge in [0.2, 0.25) is 0 Å². The van der Waals surface area contributed by atoms with E-state index in [0.717, 1.165) is 11.3 Å². The molecule has 0 saturated heterocycles. The molecule has 0 aliphatic heterocycles. The number of nitrogens with zero attached hydrogens (tertiary/aromatic N) is 4. The maximum absolute atomic E-state index is 5.64. The molecule has 2 heterocycles. The van der Waals surface area contributed by atoms with Crippen LogP contribution in [0.3, 0.4) is 0 Å². The fourth-order valence-electron chi connectivity index (χ4n) is 1.34. The van der Waals surface area contributed by atoms with Gasteiger partial charge in [0.05, 0.1) is 17.3 Å². The van der Waals surface area contributed by atoms with Crippen LogP contribution in [0.4, 0.5) is 0 Å². The number of nitrogens with two attached hydrogens (primary N) is 1. The van der Waals surface area contributed by atoms with Gasteiger partial charge >= 0.3 is 0 Å². The Kier molecular flexibility index (Phi) is 2.28. The van der Waals surface area contributed by atoms with Crippen LogP contribution in [-0.2, 0) is 7.05 Å². The summed E-state index contributed by atoms with van der Waals surface area (Å²) in [7, 11) is 1.85. The summed E-state index contributed by atoms with van der Waals surface area (Å²) in [5.74, 6) is 0.973. The van der Waals surface area contributed by atoms with E-state index in [2.05, 4.69) is 15.2 Å². The van der Waals surface area contributed by atoms with Gasteiger partial charge in [-0.05, 0) is 13.8 Å². The van der Waals surface area contributed by atoms with Crippen LogP contribution < -0.4 is 5.73 Å². The summed E-state index contributed by atoms with van der Waals surface area (Å²) in [6.07, 6.45) is 1.84. The van der Waals surface area contributed by atoms with Gasteiger partial charge < -0.3 is 10.3 Å². The molecule has 2 aromatic heterocycles. The minimum Gasteiger partial charge on any atom is -0.334 e. The van der Waals surface area contributed by atoms with Gasteiger partial charge in [-0.2, -0.15) is 10.1 Å². The second-order valence-electron chi connectivity index (χ2n) is 3.55. The number of hydrogen-bond donors (Lipinski definition) is 1. The molecule has 0 aromatic carbocycles. The summed E-state index contributed by atoms with van der Waals surface area (Å²) >= 11 is 0. The maximum Gasteiger partial charge on any atom is 0.261 e. The van der Waals surface area contributed by atoms with Gasteiger partial charge in [0, 0.05) is 13.2 Å². The number of hydrogen-bond acceptors (Lipinski definition) is 5. The molecular formula is C9H13N5O. The van der Waals surface area contributed by atoms with Crippen molar-refractivity contribution >= 4 is 0 Å². The monoisotopic (exact) mass is 207 g/mol. The lowest BCUT2D eigenvalue weighted by molar-refractivity contribution is 0.418. The van der Waals surface area contributed by atoms with E-state index >= 15 is 0 Å². The minimum atomic E-state index is -0.223. The third kappa shape index (κ3) is 1.75. The van der Waals surface area contributed by atoms with Gasteiger partial charge in [0.25, 0.3) is 5.89 Å². The summed E-state index contributed by atoms with van der Waals surface area (Å²) in [5, 5.41) is 7.99. The van der Waals surface area contributed by atoms with E-state index in [0.29, 0.717) is 11.7 Å². The Balaban J connectivity index is 2.41. The predicted octanol–water partition coefficient (Wildman–Crippen LogP) is 0.798. The first-order valence-electron chi connectivity index (χ1n) is 4.67. The molecule has 0 spiro atoms. The number of aromatic nitrogens is 4. The molecule has 0 amide bonds. The number of aryl methyl sites for hydroxylation is 2. The van der Waals surface area contributed by atoms with Gasteiger partial charge in [0.1, 0.15) is 0 Å². The van der Waals surface area contributed by atoms with E-state index in [1.165, 1.54) is 0 Å². The SMILES string of the molecule is Cc1nn(C)cc1-c1nc(C(C)N)no1. The van der Waals surface area contributed by atoms with Crippen molar-refractivity contribution in [2.24, 2.45) is 12.8 Å². The molecule has 80 valence electrons. The van der Waals surface area contributed by atoms with Gasteiger partial charge in [-0.25, -0.2) is 0 Å². The van der Waals surface area contributed by atoms with E-state index in [9.17, 15) is 0 Å². The summed E-state index contributed by atoms with van der Waals surface area (Å²) < 4.78 is 6.82. The highest BCUT2D eigenvalue weighted by atomic mass is 16.5. The normalized spacial score (nSPS) is 13.1. The quantitative estimate of drug-likeness (QED) is 0.787. The first-order chi connectivity index (χ1) is 7.08. The molecule has 1 unspecified atom stereocenters. The Labute approximate surface area is 87.1 Å². The topological polar surface area (TPSA) is 82.8 Å². The number of rotatable bonds is 2. The molecule has 0 radical (unpaired) electrons. The van der Waals surface area contributed by atoms with Crippen LogP contribution in [0.2, 0.25) is 0 Å². The Morgan fingerprint density at radius 2 is 2.27 bits per heavy atom. The zero-order valence-corrected chi connectivity index (χ0v) is 8.93. The Morgan fingerprint density at radius 1 is 1.53 bits per heavy atom. The third-order valence-corrected chi connectivity index (χ3v) is 2.09. The molecule has 2 aromatic rings. The van der Waals surface area contributed by atoms with Gasteiger partial charge in [-0.15, -0.1) is 0 Å². The van der Waals surface area contributed by atoms with Crippen LogP contribution in [-0.4, -0.2) is 19.9 Å². The second-order valence-corrected chi connectivity index (χ2v) is 3.55. The second kappa shape index (κ2) is 3.47. The van der Waals surface area contributed by atoms with Gasteiger partial charge in [-0.3, -0.25) is 4.68 Å². The van der Waals surface area contributed by atoms with Gasteiger partial charge in [-0.1, -0.05) is 5.16 Å². The van der Waals surface area contributed by atoms with Crippen LogP contribution in [0.15, 0.2) is 10.7 Å². The molecule has 15 heavy (non-hydrogen) atoms. The molecular weight excluding hydrogens is 194 g/mol. The average Bonchev–Trinajstić information content (AvgIpc) is 2.71. The summed E-state index contributed by atoms with van der Waals surface area (Å²) in [6, 6.07) is -0.223. The third-order valence-electron chi connectivity index (χ3n) is 2.09.